The molecule has 1 amide bonds. The molecule has 0 bridgehead atoms. The van der Waals surface area contributed by atoms with Crippen LogP contribution < -0.4 is 10.1 Å². The number of ether oxygens (including phenoxy) is 1. The largest absolute Gasteiger partial charge is 0.489 e. The average Bonchev–Trinajstić information content (AvgIpc) is 2.78. The molecule has 0 saturated heterocycles. The number of carbonyl (C=O) groups excluding carboxylic acids is 1. The van der Waals surface area contributed by atoms with E-state index < -0.39 is 5.97 Å². The first-order valence-electron chi connectivity index (χ1n) is 10.9. The van der Waals surface area contributed by atoms with Gasteiger partial charge in [-0.05, 0) is 54.7 Å². The number of aliphatic carboxylic acids is 1. The van der Waals surface area contributed by atoms with E-state index in [9.17, 15) is 9.59 Å². The lowest BCUT2D eigenvalue weighted by atomic mass is 9.79. The van der Waals surface area contributed by atoms with Gasteiger partial charge in [-0.2, -0.15) is 5.10 Å². The van der Waals surface area contributed by atoms with Crippen LogP contribution in [0.3, 0.4) is 0 Å². The minimum Gasteiger partial charge on any atom is -0.489 e. The van der Waals surface area contributed by atoms with E-state index in [0.717, 1.165) is 35.4 Å². The second-order valence-electron chi connectivity index (χ2n) is 8.18. The third kappa shape index (κ3) is 4.99. The summed E-state index contributed by atoms with van der Waals surface area (Å²) in [6.07, 6.45) is 4.05. The third-order valence-corrected chi connectivity index (χ3v) is 5.89. The van der Waals surface area contributed by atoms with E-state index in [1.807, 2.05) is 54.6 Å². The van der Waals surface area contributed by atoms with Gasteiger partial charge in [0, 0.05) is 5.57 Å². The molecular formula is C25H27N3O4. The monoisotopic (exact) mass is 433 g/mol. The van der Waals surface area contributed by atoms with Gasteiger partial charge < -0.3 is 15.2 Å². The molecule has 32 heavy (non-hydrogen) atoms. The molecule has 0 atom stereocenters. The fourth-order valence-electron chi connectivity index (χ4n) is 3.81. The van der Waals surface area contributed by atoms with Crippen molar-refractivity contribution in [3.63, 3.8) is 0 Å². The number of hydrogen-bond acceptors (Lipinski definition) is 5. The van der Waals surface area contributed by atoms with Crippen molar-refractivity contribution >= 4 is 23.3 Å². The Hall–Kier alpha value is -3.61. The maximum Gasteiger partial charge on any atom is 0.351 e. The number of rotatable bonds is 8. The first-order chi connectivity index (χ1) is 15.5. The molecule has 2 aromatic carbocycles. The lowest BCUT2D eigenvalue weighted by Gasteiger charge is -2.33. The van der Waals surface area contributed by atoms with Gasteiger partial charge in [-0.25, -0.2) is 9.80 Å². The van der Waals surface area contributed by atoms with E-state index in [2.05, 4.69) is 10.4 Å². The summed E-state index contributed by atoms with van der Waals surface area (Å²) in [5.41, 5.74) is 3.32. The zero-order valence-electron chi connectivity index (χ0n) is 18.1. The number of benzene rings is 2. The second kappa shape index (κ2) is 9.68. The zero-order chi connectivity index (χ0) is 22.5. The van der Waals surface area contributed by atoms with Gasteiger partial charge in [0.25, 0.3) is 5.91 Å². The minimum absolute atomic E-state index is 0.119. The molecular weight excluding hydrogens is 406 g/mol. The van der Waals surface area contributed by atoms with Crippen LogP contribution in [0, 0.1) is 5.92 Å². The standard InChI is InChI=1S/C25H27N3O4/c1-17(25(30)31)27-28-16-26-23(22(24(28)29)14-18-8-5-9-18)20-10-12-21(13-11-20)32-15-19-6-3-2-4-7-19/h2-4,6-7,10-13,18,26H,5,8-9,14-16H2,1H3,(H,30,31)/b27-17+. The van der Waals surface area contributed by atoms with Crippen LogP contribution in [0.2, 0.25) is 0 Å². The highest BCUT2D eigenvalue weighted by molar-refractivity contribution is 6.34. The molecule has 1 fully saturated rings. The molecule has 0 spiro atoms. The van der Waals surface area contributed by atoms with Crippen LogP contribution in [-0.4, -0.2) is 34.4 Å². The van der Waals surface area contributed by atoms with Gasteiger partial charge in [0.1, 0.15) is 24.7 Å². The van der Waals surface area contributed by atoms with Crippen LogP contribution in [0.4, 0.5) is 0 Å². The fraction of sp³-hybridized carbons (Fsp3) is 0.320. The van der Waals surface area contributed by atoms with Crippen molar-refractivity contribution < 1.29 is 19.4 Å². The van der Waals surface area contributed by atoms with E-state index in [4.69, 9.17) is 9.84 Å². The Bertz CT molecular complexity index is 1040. The van der Waals surface area contributed by atoms with Crippen LogP contribution in [0.25, 0.3) is 5.70 Å². The Kier molecular flexibility index (Phi) is 6.54. The Labute approximate surface area is 187 Å². The number of carboxylic acids is 1. The maximum absolute atomic E-state index is 13.2. The van der Waals surface area contributed by atoms with Gasteiger partial charge in [-0.1, -0.05) is 49.6 Å². The molecule has 7 heteroatoms. The number of carbonyl (C=O) groups is 2. The van der Waals surface area contributed by atoms with Gasteiger partial charge in [0.05, 0.1) is 5.70 Å². The van der Waals surface area contributed by atoms with Crippen molar-refractivity contribution in [2.75, 3.05) is 6.67 Å². The van der Waals surface area contributed by atoms with Crippen molar-refractivity contribution in [2.45, 2.75) is 39.2 Å². The Balaban J connectivity index is 1.54. The van der Waals surface area contributed by atoms with Crippen LogP contribution in [0.5, 0.6) is 5.75 Å². The highest BCUT2D eigenvalue weighted by Gasteiger charge is 2.31. The molecule has 166 valence electrons. The molecule has 7 nitrogen and oxygen atoms in total. The van der Waals surface area contributed by atoms with Crippen molar-refractivity contribution in [1.82, 2.24) is 10.3 Å². The normalized spacial score (nSPS) is 17.1. The van der Waals surface area contributed by atoms with Crippen molar-refractivity contribution in [1.29, 1.82) is 0 Å². The van der Waals surface area contributed by atoms with Crippen LogP contribution in [-0.2, 0) is 16.2 Å². The van der Waals surface area contributed by atoms with E-state index >= 15 is 0 Å². The number of hydrazone groups is 1. The van der Waals surface area contributed by atoms with Crippen molar-refractivity contribution in [3.05, 3.63) is 71.3 Å². The SMILES string of the molecule is C/C(=N\N1CNC(c2ccc(OCc3ccccc3)cc2)=C(CC2CCC2)C1=O)C(=O)O. The highest BCUT2D eigenvalue weighted by Crippen LogP contribution is 2.36. The topological polar surface area (TPSA) is 91.2 Å². The molecule has 2 aromatic rings. The summed E-state index contributed by atoms with van der Waals surface area (Å²) in [5.74, 6) is -0.150. The van der Waals surface area contributed by atoms with Gasteiger partial charge in [0.2, 0.25) is 0 Å². The Morgan fingerprint density at radius 3 is 2.50 bits per heavy atom. The Morgan fingerprint density at radius 1 is 1.16 bits per heavy atom. The minimum atomic E-state index is -1.14. The van der Waals surface area contributed by atoms with Gasteiger partial charge in [-0.3, -0.25) is 4.79 Å². The van der Waals surface area contributed by atoms with Crippen LogP contribution >= 0.6 is 0 Å². The fourth-order valence-corrected chi connectivity index (χ4v) is 3.81. The first-order valence-corrected chi connectivity index (χ1v) is 10.9. The molecule has 0 radical (unpaired) electrons. The number of hydrogen-bond donors (Lipinski definition) is 2. The predicted molar refractivity (Wildman–Crippen MR) is 122 cm³/mol. The number of carboxylic acid groups (broad SMARTS) is 1. The molecule has 0 unspecified atom stereocenters. The van der Waals surface area contributed by atoms with Gasteiger partial charge in [0.15, 0.2) is 0 Å². The molecule has 0 aromatic heterocycles. The zero-order valence-corrected chi connectivity index (χ0v) is 18.1. The van der Waals surface area contributed by atoms with Crippen LogP contribution in [0.15, 0.2) is 65.3 Å². The maximum atomic E-state index is 13.2. The summed E-state index contributed by atoms with van der Waals surface area (Å²) in [6, 6.07) is 17.7. The number of nitrogens with one attached hydrogen (secondary N) is 1. The molecule has 1 heterocycles. The van der Waals surface area contributed by atoms with E-state index in [-0.39, 0.29) is 18.3 Å². The predicted octanol–water partition coefficient (Wildman–Crippen LogP) is 4.02. The molecule has 4 rings (SSSR count). The first kappa shape index (κ1) is 21.6. The molecule has 1 aliphatic carbocycles. The van der Waals surface area contributed by atoms with Crippen LogP contribution in [0.1, 0.15) is 43.7 Å². The van der Waals surface area contributed by atoms with Gasteiger partial charge >= 0.3 is 5.97 Å². The molecule has 1 saturated carbocycles. The summed E-state index contributed by atoms with van der Waals surface area (Å²) < 4.78 is 5.87. The quantitative estimate of drug-likeness (QED) is 0.614. The summed E-state index contributed by atoms with van der Waals surface area (Å²) in [5, 5.41) is 17.6. The molecule has 1 aliphatic heterocycles. The number of amides is 1. The number of nitrogens with zero attached hydrogens (tertiary/aromatic N) is 2. The highest BCUT2D eigenvalue weighted by atomic mass is 16.5. The lowest BCUT2D eigenvalue weighted by molar-refractivity contribution is -0.129. The second-order valence-corrected chi connectivity index (χ2v) is 8.18. The van der Waals surface area contributed by atoms with Crippen molar-refractivity contribution in [3.8, 4) is 5.75 Å². The van der Waals surface area contributed by atoms with Gasteiger partial charge in [-0.15, -0.1) is 0 Å². The molecule has 2 aliphatic rings. The van der Waals surface area contributed by atoms with E-state index in [1.54, 1.807) is 0 Å². The Morgan fingerprint density at radius 2 is 1.88 bits per heavy atom. The summed E-state index contributed by atoms with van der Waals surface area (Å²) >= 11 is 0. The molecule has 2 N–H and O–H groups in total. The van der Waals surface area contributed by atoms with Crippen molar-refractivity contribution in [2.24, 2.45) is 11.0 Å². The van der Waals surface area contributed by atoms with E-state index in [1.165, 1.54) is 18.4 Å². The summed E-state index contributed by atoms with van der Waals surface area (Å²) in [7, 11) is 0. The summed E-state index contributed by atoms with van der Waals surface area (Å²) in [4.78, 5) is 24.3. The van der Waals surface area contributed by atoms with E-state index in [0.29, 0.717) is 24.5 Å². The lowest BCUT2D eigenvalue weighted by Crippen LogP contribution is -2.43. The summed E-state index contributed by atoms with van der Waals surface area (Å²) in [6.45, 7) is 2.00. The average molecular weight is 434 g/mol. The third-order valence-electron chi connectivity index (χ3n) is 5.89. The smallest absolute Gasteiger partial charge is 0.351 e.